The van der Waals surface area contributed by atoms with Gasteiger partial charge in [-0.1, -0.05) is 83.4 Å². The van der Waals surface area contributed by atoms with E-state index >= 15 is 0 Å². The van der Waals surface area contributed by atoms with Crippen molar-refractivity contribution in [3.8, 4) is 0 Å². The van der Waals surface area contributed by atoms with Crippen LogP contribution in [0, 0.1) is 23.7 Å². The fourth-order valence-corrected chi connectivity index (χ4v) is 6.68. The summed E-state index contributed by atoms with van der Waals surface area (Å²) in [6, 6.07) is 10.8. The smallest absolute Gasteiger partial charge is 0.244 e. The first-order valence-corrected chi connectivity index (χ1v) is 16.3. The SMILES string of the molecule is C=C/C(=C\N=C(\C)C(C)CC)NC(=O)CN1CCC[C@](c2ccccc2)(N(C)C)CCCC(CC2CCC2)C(C)C1=O. The van der Waals surface area contributed by atoms with Crippen molar-refractivity contribution in [3.63, 3.8) is 0 Å². The van der Waals surface area contributed by atoms with Crippen LogP contribution in [-0.4, -0.2) is 54.5 Å². The van der Waals surface area contributed by atoms with Gasteiger partial charge >= 0.3 is 0 Å². The number of aliphatic imine (C=N–C) groups is 1. The van der Waals surface area contributed by atoms with Gasteiger partial charge in [-0.25, -0.2) is 0 Å². The zero-order chi connectivity index (χ0) is 30.7. The summed E-state index contributed by atoms with van der Waals surface area (Å²) < 4.78 is 0. The summed E-state index contributed by atoms with van der Waals surface area (Å²) in [4.78, 5) is 36.1. The second-order valence-corrected chi connectivity index (χ2v) is 13.0. The minimum Gasteiger partial charge on any atom is -0.333 e. The monoisotopic (exact) mass is 576 g/mol. The van der Waals surface area contributed by atoms with Crippen LogP contribution in [0.5, 0.6) is 0 Å². The van der Waals surface area contributed by atoms with Crippen LogP contribution < -0.4 is 5.32 Å². The highest BCUT2D eigenvalue weighted by Gasteiger charge is 2.37. The predicted molar refractivity (Wildman–Crippen MR) is 175 cm³/mol. The number of amides is 2. The van der Waals surface area contributed by atoms with E-state index in [9.17, 15) is 9.59 Å². The molecule has 1 aromatic rings. The van der Waals surface area contributed by atoms with Gasteiger partial charge in [0.1, 0.15) is 0 Å². The second-order valence-electron chi connectivity index (χ2n) is 13.0. The molecule has 2 fully saturated rings. The first-order chi connectivity index (χ1) is 20.1. The topological polar surface area (TPSA) is 65.0 Å². The molecule has 3 unspecified atom stereocenters. The van der Waals surface area contributed by atoms with E-state index in [1.165, 1.54) is 24.8 Å². The fraction of sp³-hybridized carbons (Fsp3) is 0.639. The number of carbonyl (C=O) groups is 2. The third-order valence-electron chi connectivity index (χ3n) is 10.2. The number of rotatable bonds is 11. The maximum absolute atomic E-state index is 14.0. The lowest BCUT2D eigenvalue weighted by Crippen LogP contribution is -2.45. The Bertz CT molecular complexity index is 1090. The first-order valence-electron chi connectivity index (χ1n) is 16.3. The Labute approximate surface area is 255 Å². The van der Waals surface area contributed by atoms with E-state index in [0.717, 1.165) is 56.6 Å². The average molecular weight is 577 g/mol. The maximum Gasteiger partial charge on any atom is 0.244 e. The molecule has 1 N–H and O–H groups in total. The largest absolute Gasteiger partial charge is 0.333 e. The minimum atomic E-state index is -0.203. The fourth-order valence-electron chi connectivity index (χ4n) is 6.68. The number of nitrogens with zero attached hydrogens (tertiary/aromatic N) is 3. The van der Waals surface area contributed by atoms with E-state index in [-0.39, 0.29) is 29.8 Å². The van der Waals surface area contributed by atoms with Crippen molar-refractivity contribution < 1.29 is 9.59 Å². The van der Waals surface area contributed by atoms with E-state index in [1.54, 1.807) is 12.3 Å². The molecule has 6 heteroatoms. The molecular weight excluding hydrogens is 520 g/mol. The van der Waals surface area contributed by atoms with Crippen molar-refractivity contribution in [3.05, 3.63) is 60.4 Å². The number of hydrogen-bond donors (Lipinski definition) is 1. The van der Waals surface area contributed by atoms with Gasteiger partial charge in [-0.3, -0.25) is 19.5 Å². The van der Waals surface area contributed by atoms with Gasteiger partial charge in [0.15, 0.2) is 0 Å². The second kappa shape index (κ2) is 16.2. The van der Waals surface area contributed by atoms with Crippen molar-refractivity contribution in [2.24, 2.45) is 28.7 Å². The van der Waals surface area contributed by atoms with Crippen LogP contribution in [0.1, 0.15) is 97.5 Å². The number of benzene rings is 1. The van der Waals surface area contributed by atoms with Crippen molar-refractivity contribution in [1.29, 1.82) is 0 Å². The van der Waals surface area contributed by atoms with Crippen LogP contribution in [0.2, 0.25) is 0 Å². The quantitative estimate of drug-likeness (QED) is 0.222. The molecule has 0 spiro atoms. The number of allylic oxidation sites excluding steroid dienone is 1. The molecule has 3 rings (SSSR count). The molecule has 1 aliphatic heterocycles. The lowest BCUT2D eigenvalue weighted by atomic mass is 9.73. The van der Waals surface area contributed by atoms with Crippen LogP contribution in [0.15, 0.2) is 59.9 Å². The average Bonchev–Trinajstić information content (AvgIpc) is 2.98. The summed E-state index contributed by atoms with van der Waals surface area (Å²) in [5.41, 5.74) is 2.81. The number of hydrogen-bond acceptors (Lipinski definition) is 4. The van der Waals surface area contributed by atoms with Gasteiger partial charge in [-0.15, -0.1) is 0 Å². The Morgan fingerprint density at radius 1 is 1.17 bits per heavy atom. The van der Waals surface area contributed by atoms with E-state index in [4.69, 9.17) is 0 Å². The zero-order valence-corrected chi connectivity index (χ0v) is 27.2. The van der Waals surface area contributed by atoms with Gasteiger partial charge < -0.3 is 10.2 Å². The molecule has 0 bridgehead atoms. The van der Waals surface area contributed by atoms with E-state index in [0.29, 0.717) is 24.1 Å². The van der Waals surface area contributed by atoms with Gasteiger partial charge in [0.2, 0.25) is 11.8 Å². The normalized spacial score (nSPS) is 25.9. The van der Waals surface area contributed by atoms with Crippen LogP contribution in [-0.2, 0) is 15.1 Å². The maximum atomic E-state index is 14.0. The molecule has 0 aromatic heterocycles. The summed E-state index contributed by atoms with van der Waals surface area (Å²) in [7, 11) is 4.37. The van der Waals surface area contributed by atoms with Crippen molar-refractivity contribution in [2.75, 3.05) is 27.2 Å². The third kappa shape index (κ3) is 8.89. The molecule has 1 heterocycles. The van der Waals surface area contributed by atoms with E-state index < -0.39 is 0 Å². The standard InChI is InChI=1S/C36H56N4O2/c1-8-27(3)29(5)37-25-33(9-2)38-34(41)26-40-23-15-22-36(39(6)7,32-19-11-10-12-20-32)21-14-18-31(28(4)35(40)42)24-30-16-13-17-30/h9-12,19-20,25,27-28,30-31H,2,8,13-18,21-24,26H2,1,3-7H3,(H,38,41)/b33-25+,37-29-/t27?,28?,31?,36-/m1/s1. The van der Waals surface area contributed by atoms with Crippen LogP contribution in [0.25, 0.3) is 0 Å². The molecule has 4 atom stereocenters. The first kappa shape index (κ1) is 33.8. The Balaban J connectivity index is 1.84. The lowest BCUT2D eigenvalue weighted by Gasteiger charge is -2.41. The number of carbonyl (C=O) groups excluding carboxylic acids is 2. The predicted octanol–water partition coefficient (Wildman–Crippen LogP) is 7.33. The van der Waals surface area contributed by atoms with Crippen molar-refractivity contribution in [1.82, 2.24) is 15.1 Å². The third-order valence-corrected chi connectivity index (χ3v) is 10.2. The van der Waals surface area contributed by atoms with Gasteiger partial charge in [-0.05, 0) is 88.9 Å². The molecule has 1 aromatic carbocycles. The Morgan fingerprint density at radius 2 is 1.86 bits per heavy atom. The van der Waals surface area contributed by atoms with E-state index in [2.05, 4.69) is 87.0 Å². The molecular formula is C36H56N4O2. The molecule has 1 saturated heterocycles. The summed E-state index contributed by atoms with van der Waals surface area (Å²) in [6.07, 6.45) is 14.2. The van der Waals surface area contributed by atoms with Crippen LogP contribution in [0.3, 0.4) is 0 Å². The molecule has 42 heavy (non-hydrogen) atoms. The van der Waals surface area contributed by atoms with Gasteiger partial charge in [0, 0.05) is 23.7 Å². The summed E-state index contributed by atoms with van der Waals surface area (Å²) in [6.45, 7) is 12.9. The highest BCUT2D eigenvalue weighted by atomic mass is 16.2. The molecule has 1 saturated carbocycles. The Kier molecular flexibility index (Phi) is 13.0. The Morgan fingerprint density at radius 3 is 2.45 bits per heavy atom. The van der Waals surface area contributed by atoms with Crippen LogP contribution >= 0.6 is 0 Å². The minimum absolute atomic E-state index is 0.0405. The molecule has 2 aliphatic rings. The van der Waals surface area contributed by atoms with Gasteiger partial charge in [0.25, 0.3) is 0 Å². The molecule has 2 amide bonds. The lowest BCUT2D eigenvalue weighted by molar-refractivity contribution is -0.140. The van der Waals surface area contributed by atoms with Crippen molar-refractivity contribution >= 4 is 17.5 Å². The highest BCUT2D eigenvalue weighted by Crippen LogP contribution is 2.41. The number of nitrogens with one attached hydrogen (secondary N) is 1. The van der Waals surface area contributed by atoms with Crippen LogP contribution in [0.4, 0.5) is 0 Å². The summed E-state index contributed by atoms with van der Waals surface area (Å²) >= 11 is 0. The molecule has 232 valence electrons. The zero-order valence-electron chi connectivity index (χ0n) is 27.2. The summed E-state index contributed by atoms with van der Waals surface area (Å²) in [5.74, 6) is 1.26. The Hall–Kier alpha value is -2.73. The van der Waals surface area contributed by atoms with Gasteiger partial charge in [0.05, 0.1) is 18.4 Å². The van der Waals surface area contributed by atoms with Crippen molar-refractivity contribution in [2.45, 2.75) is 97.4 Å². The van der Waals surface area contributed by atoms with E-state index in [1.807, 2.05) is 11.8 Å². The molecule has 6 nitrogen and oxygen atoms in total. The highest BCUT2D eigenvalue weighted by molar-refractivity contribution is 5.87. The van der Waals surface area contributed by atoms with Gasteiger partial charge in [-0.2, -0.15) is 0 Å². The molecule has 1 aliphatic carbocycles. The molecule has 0 radical (unpaired) electrons. The summed E-state index contributed by atoms with van der Waals surface area (Å²) in [5, 5.41) is 2.95.